The molecule has 174 valence electrons. The van der Waals surface area contributed by atoms with Gasteiger partial charge in [0.2, 0.25) is 11.8 Å². The van der Waals surface area contributed by atoms with Gasteiger partial charge in [-0.25, -0.2) is 4.39 Å². The molecule has 0 spiro atoms. The Labute approximate surface area is 197 Å². The summed E-state index contributed by atoms with van der Waals surface area (Å²) >= 11 is 7.99. The van der Waals surface area contributed by atoms with Crippen LogP contribution in [0.25, 0.3) is 0 Å². The highest BCUT2D eigenvalue weighted by atomic mass is 35.5. The Balaban J connectivity index is 1.49. The number of halogens is 2. The van der Waals surface area contributed by atoms with E-state index in [1.165, 1.54) is 12.1 Å². The molecule has 2 heterocycles. The zero-order chi connectivity index (χ0) is 22.8. The van der Waals surface area contributed by atoms with Gasteiger partial charge in [-0.15, -0.1) is 11.6 Å². The van der Waals surface area contributed by atoms with Crippen LogP contribution < -0.4 is 10.7 Å². The number of hydrogen-bond donors (Lipinski definition) is 2. The summed E-state index contributed by atoms with van der Waals surface area (Å²) in [6.07, 6.45) is 2.12. The van der Waals surface area contributed by atoms with Crippen LogP contribution >= 0.6 is 23.4 Å². The van der Waals surface area contributed by atoms with Gasteiger partial charge in [-0.05, 0) is 50.8 Å². The molecule has 2 N–H and O–H groups in total. The van der Waals surface area contributed by atoms with E-state index in [1.54, 1.807) is 28.8 Å². The number of thioether (sulfide) groups is 1. The van der Waals surface area contributed by atoms with E-state index in [2.05, 4.69) is 20.7 Å². The number of nitrogens with zero attached hydrogens (tertiary/aromatic N) is 3. The summed E-state index contributed by atoms with van der Waals surface area (Å²) in [5.74, 6) is 0.124. The zero-order valence-corrected chi connectivity index (χ0v) is 19.8. The van der Waals surface area contributed by atoms with Crippen molar-refractivity contribution in [1.29, 1.82) is 0 Å². The maximum Gasteiger partial charge on any atom is 0.230 e. The Hall–Kier alpha value is -2.00. The minimum atomic E-state index is -0.404. The molecule has 3 aliphatic rings. The van der Waals surface area contributed by atoms with Crippen LogP contribution in [-0.4, -0.2) is 57.1 Å². The summed E-state index contributed by atoms with van der Waals surface area (Å²) in [5, 5.41) is 8.21. The smallest absolute Gasteiger partial charge is 0.230 e. The first-order chi connectivity index (χ1) is 15.3. The second kappa shape index (κ2) is 9.87. The second-order valence-electron chi connectivity index (χ2n) is 8.81. The van der Waals surface area contributed by atoms with E-state index in [4.69, 9.17) is 11.6 Å². The molecule has 10 heteroatoms. The lowest BCUT2D eigenvalue weighted by atomic mass is 9.81. The number of carbonyl (C=O) groups is 2. The van der Waals surface area contributed by atoms with E-state index >= 15 is 0 Å². The highest BCUT2D eigenvalue weighted by Crippen LogP contribution is 2.40. The average Bonchev–Trinajstić information content (AvgIpc) is 3.16. The molecular formula is C22H29ClFN5O2S. The SMILES string of the molecule is CC(C)NC(=O)CCN1C(=O)C2CC(Cl)CCC2N2C(SCc3ccc(F)cc3)=NNC12. The van der Waals surface area contributed by atoms with Gasteiger partial charge in [-0.2, -0.15) is 5.10 Å². The van der Waals surface area contributed by atoms with Crippen LogP contribution in [0, 0.1) is 11.7 Å². The van der Waals surface area contributed by atoms with Gasteiger partial charge in [0.15, 0.2) is 11.5 Å². The highest BCUT2D eigenvalue weighted by Gasteiger charge is 2.52. The quantitative estimate of drug-likeness (QED) is 0.611. The molecule has 4 rings (SSSR count). The van der Waals surface area contributed by atoms with Gasteiger partial charge in [0.1, 0.15) is 5.82 Å². The Kier molecular flexibility index (Phi) is 7.14. The van der Waals surface area contributed by atoms with Gasteiger partial charge in [0.25, 0.3) is 0 Å². The van der Waals surface area contributed by atoms with E-state index in [0.29, 0.717) is 18.7 Å². The lowest BCUT2D eigenvalue weighted by Gasteiger charge is -2.51. The number of carbonyl (C=O) groups excluding carboxylic acids is 2. The molecule has 0 bridgehead atoms. The van der Waals surface area contributed by atoms with Crippen LogP contribution in [0.2, 0.25) is 0 Å². The normalized spacial score (nSPS) is 27.0. The highest BCUT2D eigenvalue weighted by molar-refractivity contribution is 8.13. The van der Waals surface area contributed by atoms with Crippen molar-refractivity contribution in [1.82, 2.24) is 20.5 Å². The molecule has 32 heavy (non-hydrogen) atoms. The van der Waals surface area contributed by atoms with Gasteiger partial charge in [0.05, 0.1) is 5.92 Å². The zero-order valence-electron chi connectivity index (χ0n) is 18.3. The van der Waals surface area contributed by atoms with Gasteiger partial charge in [-0.3, -0.25) is 15.0 Å². The number of benzene rings is 1. The third-order valence-electron chi connectivity index (χ3n) is 6.07. The van der Waals surface area contributed by atoms with Crippen LogP contribution in [0.15, 0.2) is 29.4 Å². The summed E-state index contributed by atoms with van der Waals surface area (Å²) in [6, 6.07) is 6.52. The predicted molar refractivity (Wildman–Crippen MR) is 124 cm³/mol. The first kappa shape index (κ1) is 23.2. The number of rotatable bonds is 6. The first-order valence-electron chi connectivity index (χ1n) is 11.1. The van der Waals surface area contributed by atoms with Crippen LogP contribution in [0.5, 0.6) is 0 Å². The lowest BCUT2D eigenvalue weighted by molar-refractivity contribution is -0.155. The van der Waals surface area contributed by atoms with Gasteiger partial charge in [-0.1, -0.05) is 23.9 Å². The predicted octanol–water partition coefficient (Wildman–Crippen LogP) is 3.05. The third kappa shape index (κ3) is 4.98. The Morgan fingerprint density at radius 2 is 2.09 bits per heavy atom. The van der Waals surface area contributed by atoms with Gasteiger partial charge < -0.3 is 15.1 Å². The van der Waals surface area contributed by atoms with Gasteiger partial charge >= 0.3 is 0 Å². The molecule has 1 aliphatic carbocycles. The number of nitrogens with one attached hydrogen (secondary N) is 2. The molecule has 2 amide bonds. The molecule has 4 unspecified atom stereocenters. The number of fused-ring (bicyclic) bond motifs is 3. The molecule has 4 atom stereocenters. The van der Waals surface area contributed by atoms with E-state index < -0.39 is 6.29 Å². The first-order valence-corrected chi connectivity index (χ1v) is 12.5. The largest absolute Gasteiger partial charge is 0.354 e. The van der Waals surface area contributed by atoms with Crippen molar-refractivity contribution in [3.05, 3.63) is 35.6 Å². The van der Waals surface area contributed by atoms with Crippen molar-refractivity contribution < 1.29 is 14.0 Å². The summed E-state index contributed by atoms with van der Waals surface area (Å²) in [5.41, 5.74) is 4.12. The minimum Gasteiger partial charge on any atom is -0.354 e. The number of amides is 2. The Morgan fingerprint density at radius 3 is 2.81 bits per heavy atom. The molecule has 1 aromatic carbocycles. The molecular weight excluding hydrogens is 453 g/mol. The van der Waals surface area contributed by atoms with Crippen LogP contribution in [0.1, 0.15) is 45.1 Å². The second-order valence-corrected chi connectivity index (χ2v) is 10.4. The van der Waals surface area contributed by atoms with Crippen molar-refractivity contribution in [2.45, 2.75) is 69.0 Å². The maximum atomic E-state index is 13.4. The molecule has 1 saturated heterocycles. The third-order valence-corrected chi connectivity index (χ3v) is 7.51. The van der Waals surface area contributed by atoms with E-state index in [9.17, 15) is 14.0 Å². The molecule has 1 saturated carbocycles. The fraction of sp³-hybridized carbons (Fsp3) is 0.591. The van der Waals surface area contributed by atoms with E-state index in [-0.39, 0.29) is 47.4 Å². The molecule has 2 aliphatic heterocycles. The topological polar surface area (TPSA) is 77.0 Å². The molecule has 0 aromatic heterocycles. The Morgan fingerprint density at radius 1 is 1.34 bits per heavy atom. The summed E-state index contributed by atoms with van der Waals surface area (Å²) < 4.78 is 13.2. The summed E-state index contributed by atoms with van der Waals surface area (Å²) in [6.45, 7) is 4.14. The van der Waals surface area contributed by atoms with Crippen LogP contribution in [-0.2, 0) is 15.3 Å². The van der Waals surface area contributed by atoms with Gasteiger partial charge in [0, 0.05) is 36.2 Å². The standard InChI is InChI=1S/C22H29ClFN5O2S/c1-13(2)25-19(30)9-10-28-20(31)17-11-15(23)5-8-18(17)29-21(28)26-27-22(29)32-12-14-3-6-16(24)7-4-14/h3-4,6-7,13,15,17-18,21,26H,5,8-12H2,1-2H3,(H,25,30). The summed E-state index contributed by atoms with van der Waals surface area (Å²) in [4.78, 5) is 29.5. The van der Waals surface area contributed by atoms with Crippen molar-refractivity contribution in [3.8, 4) is 0 Å². The maximum absolute atomic E-state index is 13.4. The fourth-order valence-corrected chi connectivity index (χ4v) is 5.91. The fourth-order valence-electron chi connectivity index (χ4n) is 4.60. The molecule has 2 fully saturated rings. The van der Waals surface area contributed by atoms with E-state index in [0.717, 1.165) is 23.6 Å². The minimum absolute atomic E-state index is 0.0225. The monoisotopic (exact) mass is 481 g/mol. The number of hydrazone groups is 1. The van der Waals surface area contributed by atoms with Crippen molar-refractivity contribution >= 4 is 40.3 Å². The number of amidine groups is 1. The number of alkyl halides is 1. The van der Waals surface area contributed by atoms with Crippen LogP contribution in [0.4, 0.5) is 4.39 Å². The lowest BCUT2D eigenvalue weighted by Crippen LogP contribution is -2.67. The van der Waals surface area contributed by atoms with Crippen molar-refractivity contribution in [3.63, 3.8) is 0 Å². The van der Waals surface area contributed by atoms with Crippen LogP contribution in [0.3, 0.4) is 0 Å². The van der Waals surface area contributed by atoms with E-state index in [1.807, 2.05) is 13.8 Å². The number of hydrogen-bond acceptors (Lipinski definition) is 6. The molecule has 0 radical (unpaired) electrons. The Bertz CT molecular complexity index is 884. The summed E-state index contributed by atoms with van der Waals surface area (Å²) in [7, 11) is 0. The molecule has 1 aromatic rings. The van der Waals surface area contributed by atoms with Crippen molar-refractivity contribution in [2.24, 2.45) is 11.0 Å². The van der Waals surface area contributed by atoms with Crippen molar-refractivity contribution in [2.75, 3.05) is 6.54 Å². The molecule has 7 nitrogen and oxygen atoms in total. The average molecular weight is 482 g/mol.